The van der Waals surface area contributed by atoms with Crippen molar-refractivity contribution in [3.8, 4) is 17.6 Å². The predicted octanol–water partition coefficient (Wildman–Crippen LogP) is 2.08. The standard InChI is InChI=1S/C11H13NO2/c1-7-6-9(4-5-12)10(13)11(14-3)8(7)2/h6,13H,4H2,1-3H3. The van der Waals surface area contributed by atoms with E-state index < -0.39 is 0 Å². The van der Waals surface area contributed by atoms with Gasteiger partial charge in [-0.15, -0.1) is 0 Å². The molecule has 0 aliphatic heterocycles. The maximum absolute atomic E-state index is 9.75. The summed E-state index contributed by atoms with van der Waals surface area (Å²) in [6.45, 7) is 3.81. The van der Waals surface area contributed by atoms with Crippen molar-refractivity contribution in [3.05, 3.63) is 22.8 Å². The summed E-state index contributed by atoms with van der Waals surface area (Å²) in [6, 6.07) is 3.82. The Morgan fingerprint density at radius 2 is 2.14 bits per heavy atom. The Labute approximate surface area is 83.6 Å². The minimum Gasteiger partial charge on any atom is -0.504 e. The van der Waals surface area contributed by atoms with Crippen LogP contribution in [-0.2, 0) is 6.42 Å². The predicted molar refractivity (Wildman–Crippen MR) is 53.4 cm³/mol. The van der Waals surface area contributed by atoms with Crippen LogP contribution in [0.4, 0.5) is 0 Å². The SMILES string of the molecule is COc1c(C)c(C)cc(CC#N)c1O. The van der Waals surface area contributed by atoms with E-state index in [-0.39, 0.29) is 12.2 Å². The molecule has 0 radical (unpaired) electrons. The van der Waals surface area contributed by atoms with Crippen molar-refractivity contribution in [3.63, 3.8) is 0 Å². The molecule has 0 bridgehead atoms. The van der Waals surface area contributed by atoms with E-state index in [2.05, 4.69) is 0 Å². The van der Waals surface area contributed by atoms with Crippen molar-refractivity contribution >= 4 is 0 Å². The Kier molecular flexibility index (Phi) is 2.98. The summed E-state index contributed by atoms with van der Waals surface area (Å²) in [5.41, 5.74) is 2.55. The van der Waals surface area contributed by atoms with Gasteiger partial charge in [-0.3, -0.25) is 0 Å². The zero-order valence-electron chi connectivity index (χ0n) is 8.59. The van der Waals surface area contributed by atoms with Crippen molar-refractivity contribution in [2.75, 3.05) is 7.11 Å². The number of ether oxygens (including phenoxy) is 1. The number of phenolic OH excluding ortho intramolecular Hbond substituents is 1. The second-order valence-electron chi connectivity index (χ2n) is 3.19. The second-order valence-corrected chi connectivity index (χ2v) is 3.19. The van der Waals surface area contributed by atoms with E-state index in [9.17, 15) is 5.11 Å². The van der Waals surface area contributed by atoms with Gasteiger partial charge < -0.3 is 9.84 Å². The third-order valence-corrected chi connectivity index (χ3v) is 2.32. The summed E-state index contributed by atoms with van der Waals surface area (Å²) in [5.74, 6) is 0.549. The van der Waals surface area contributed by atoms with E-state index >= 15 is 0 Å². The number of hydrogen-bond acceptors (Lipinski definition) is 3. The Bertz CT molecular complexity index is 391. The topological polar surface area (TPSA) is 53.2 Å². The first-order chi connectivity index (χ1) is 6.61. The van der Waals surface area contributed by atoms with Crippen molar-refractivity contribution in [1.29, 1.82) is 5.26 Å². The summed E-state index contributed by atoms with van der Waals surface area (Å²) in [5, 5.41) is 18.3. The zero-order valence-corrected chi connectivity index (χ0v) is 8.59. The highest BCUT2D eigenvalue weighted by atomic mass is 16.5. The number of benzene rings is 1. The molecule has 0 aliphatic carbocycles. The van der Waals surface area contributed by atoms with Crippen molar-refractivity contribution in [2.45, 2.75) is 20.3 Å². The fourth-order valence-electron chi connectivity index (χ4n) is 1.41. The van der Waals surface area contributed by atoms with Gasteiger partial charge in [-0.25, -0.2) is 0 Å². The summed E-state index contributed by atoms with van der Waals surface area (Å²) in [4.78, 5) is 0. The van der Waals surface area contributed by atoms with E-state index in [4.69, 9.17) is 10.00 Å². The lowest BCUT2D eigenvalue weighted by atomic mass is 10.0. The first-order valence-corrected chi connectivity index (χ1v) is 4.34. The van der Waals surface area contributed by atoms with Crippen molar-refractivity contribution < 1.29 is 9.84 Å². The molecule has 3 nitrogen and oxygen atoms in total. The normalized spacial score (nSPS) is 9.57. The van der Waals surface area contributed by atoms with Crippen molar-refractivity contribution in [1.82, 2.24) is 0 Å². The average molecular weight is 191 g/mol. The molecular formula is C11H13NO2. The summed E-state index contributed by atoms with van der Waals surface area (Å²) in [6.07, 6.45) is 0.198. The Morgan fingerprint density at radius 1 is 1.50 bits per heavy atom. The minimum atomic E-state index is 0.0807. The van der Waals surface area contributed by atoms with Gasteiger partial charge in [0.25, 0.3) is 0 Å². The highest BCUT2D eigenvalue weighted by Gasteiger charge is 2.12. The molecule has 74 valence electrons. The number of hydrogen-bond donors (Lipinski definition) is 1. The van der Waals surface area contributed by atoms with Gasteiger partial charge in [0.05, 0.1) is 19.6 Å². The minimum absolute atomic E-state index is 0.0807. The molecular weight excluding hydrogens is 178 g/mol. The van der Waals surface area contributed by atoms with Crippen LogP contribution in [0.1, 0.15) is 16.7 Å². The third-order valence-electron chi connectivity index (χ3n) is 2.32. The molecule has 0 aliphatic rings. The van der Waals surface area contributed by atoms with Crippen LogP contribution in [0.15, 0.2) is 6.07 Å². The molecule has 0 aromatic heterocycles. The zero-order chi connectivity index (χ0) is 10.7. The highest BCUT2D eigenvalue weighted by Crippen LogP contribution is 2.35. The molecule has 0 saturated heterocycles. The van der Waals surface area contributed by atoms with Gasteiger partial charge in [-0.05, 0) is 25.0 Å². The Hall–Kier alpha value is -1.69. The lowest BCUT2D eigenvalue weighted by molar-refractivity contribution is 0.368. The molecule has 0 atom stereocenters. The van der Waals surface area contributed by atoms with Gasteiger partial charge in [0.1, 0.15) is 0 Å². The van der Waals surface area contributed by atoms with Crippen LogP contribution in [0.25, 0.3) is 0 Å². The van der Waals surface area contributed by atoms with Crippen LogP contribution in [0.5, 0.6) is 11.5 Å². The molecule has 0 amide bonds. The number of aryl methyl sites for hydroxylation is 1. The van der Waals surface area contributed by atoms with Crippen LogP contribution in [-0.4, -0.2) is 12.2 Å². The number of nitriles is 1. The molecule has 0 saturated carbocycles. The summed E-state index contributed by atoms with van der Waals surface area (Å²) in [7, 11) is 1.51. The van der Waals surface area contributed by atoms with Gasteiger partial charge in [-0.1, -0.05) is 6.07 Å². The lowest BCUT2D eigenvalue weighted by Crippen LogP contribution is -1.95. The molecule has 0 heterocycles. The van der Waals surface area contributed by atoms with E-state index in [0.29, 0.717) is 11.3 Å². The maximum Gasteiger partial charge on any atom is 0.163 e. The quantitative estimate of drug-likeness (QED) is 0.778. The first kappa shape index (κ1) is 10.4. The van der Waals surface area contributed by atoms with Gasteiger partial charge in [0.2, 0.25) is 0 Å². The fourth-order valence-corrected chi connectivity index (χ4v) is 1.41. The lowest BCUT2D eigenvalue weighted by Gasteiger charge is -2.12. The molecule has 1 N–H and O–H groups in total. The second kappa shape index (κ2) is 4.01. The molecule has 0 unspecified atom stereocenters. The maximum atomic E-state index is 9.75. The molecule has 0 spiro atoms. The highest BCUT2D eigenvalue weighted by molar-refractivity contribution is 5.54. The molecule has 1 aromatic carbocycles. The van der Waals surface area contributed by atoms with Gasteiger partial charge >= 0.3 is 0 Å². The number of phenols is 1. The smallest absolute Gasteiger partial charge is 0.163 e. The van der Waals surface area contributed by atoms with Crippen LogP contribution >= 0.6 is 0 Å². The van der Waals surface area contributed by atoms with Crippen molar-refractivity contribution in [2.24, 2.45) is 0 Å². The number of rotatable bonds is 2. The Balaban J connectivity index is 3.36. The van der Waals surface area contributed by atoms with E-state index in [1.165, 1.54) is 7.11 Å². The van der Waals surface area contributed by atoms with Gasteiger partial charge in [0.15, 0.2) is 11.5 Å². The third kappa shape index (κ3) is 1.64. The average Bonchev–Trinajstić information content (AvgIpc) is 2.16. The van der Waals surface area contributed by atoms with E-state index in [1.54, 1.807) is 0 Å². The Morgan fingerprint density at radius 3 is 2.64 bits per heavy atom. The number of methoxy groups -OCH3 is 1. The van der Waals surface area contributed by atoms with E-state index in [0.717, 1.165) is 11.1 Å². The van der Waals surface area contributed by atoms with E-state index in [1.807, 2.05) is 26.0 Å². The molecule has 14 heavy (non-hydrogen) atoms. The van der Waals surface area contributed by atoms with Crippen LogP contribution in [0, 0.1) is 25.2 Å². The molecule has 1 aromatic rings. The largest absolute Gasteiger partial charge is 0.504 e. The summed E-state index contributed by atoms with van der Waals surface area (Å²) >= 11 is 0. The first-order valence-electron chi connectivity index (χ1n) is 4.34. The van der Waals surface area contributed by atoms with Crippen LogP contribution in [0.2, 0.25) is 0 Å². The molecule has 1 rings (SSSR count). The van der Waals surface area contributed by atoms with Crippen LogP contribution < -0.4 is 4.74 Å². The molecule has 0 fully saturated rings. The van der Waals surface area contributed by atoms with Crippen LogP contribution in [0.3, 0.4) is 0 Å². The summed E-state index contributed by atoms with van der Waals surface area (Å²) < 4.78 is 5.08. The fraction of sp³-hybridized carbons (Fsp3) is 0.364. The monoisotopic (exact) mass is 191 g/mol. The van der Waals surface area contributed by atoms with Gasteiger partial charge in [-0.2, -0.15) is 5.26 Å². The number of aromatic hydroxyl groups is 1. The van der Waals surface area contributed by atoms with Gasteiger partial charge in [0, 0.05) is 5.56 Å². The number of nitrogens with zero attached hydrogens (tertiary/aromatic N) is 1. The molecule has 3 heteroatoms.